The van der Waals surface area contributed by atoms with Gasteiger partial charge in [-0.15, -0.1) is 0 Å². The Bertz CT molecular complexity index is 1370. The fourth-order valence-electron chi connectivity index (χ4n) is 3.72. The third kappa shape index (κ3) is 4.66. The summed E-state index contributed by atoms with van der Waals surface area (Å²) >= 11 is 0. The molecule has 4 aromatic rings. The van der Waals surface area contributed by atoms with Gasteiger partial charge in [-0.05, 0) is 31.5 Å². The van der Waals surface area contributed by atoms with Crippen molar-refractivity contribution in [1.82, 2.24) is 19.3 Å². The highest BCUT2D eigenvalue weighted by Gasteiger charge is 2.17. The minimum Gasteiger partial charge on any atom is -0.394 e. The number of hydrogen-bond acceptors (Lipinski definition) is 6. The molecule has 178 valence electrons. The molecule has 0 saturated heterocycles. The van der Waals surface area contributed by atoms with E-state index in [0.29, 0.717) is 5.52 Å². The van der Waals surface area contributed by atoms with E-state index >= 15 is 0 Å². The molecule has 0 amide bonds. The Morgan fingerprint density at radius 2 is 1.85 bits per heavy atom. The lowest BCUT2D eigenvalue weighted by atomic mass is 10.1. The van der Waals surface area contributed by atoms with Crippen molar-refractivity contribution in [3.05, 3.63) is 82.3 Å². The van der Waals surface area contributed by atoms with E-state index in [0.717, 1.165) is 22.9 Å². The zero-order valence-electron chi connectivity index (χ0n) is 18.1. The van der Waals surface area contributed by atoms with E-state index in [9.17, 15) is 28.2 Å². The zero-order valence-corrected chi connectivity index (χ0v) is 18.1. The molecule has 0 aliphatic rings. The highest BCUT2D eigenvalue weighted by atomic mass is 19.1. The third-order valence-electron chi connectivity index (χ3n) is 5.37. The molecule has 3 aromatic heterocycles. The van der Waals surface area contributed by atoms with Gasteiger partial charge in [-0.2, -0.15) is 5.10 Å². The average molecular weight is 473 g/mol. The van der Waals surface area contributed by atoms with Gasteiger partial charge in [-0.25, -0.2) is 18.2 Å². The van der Waals surface area contributed by atoms with Gasteiger partial charge >= 0.3 is 0 Å². The molecule has 0 saturated carbocycles. The Morgan fingerprint density at radius 1 is 1.12 bits per heavy atom. The van der Waals surface area contributed by atoms with E-state index in [1.54, 1.807) is 6.92 Å². The Kier molecular flexibility index (Phi) is 6.66. The first-order valence-electron chi connectivity index (χ1n) is 10.5. The van der Waals surface area contributed by atoms with E-state index < -0.39 is 35.2 Å². The molecule has 0 aliphatic heterocycles. The van der Waals surface area contributed by atoms with Gasteiger partial charge in [-0.1, -0.05) is 6.07 Å². The van der Waals surface area contributed by atoms with Crippen LogP contribution in [-0.4, -0.2) is 48.3 Å². The van der Waals surface area contributed by atoms with Crippen LogP contribution in [0.2, 0.25) is 0 Å². The molecule has 0 aliphatic carbocycles. The van der Waals surface area contributed by atoms with E-state index in [1.165, 1.54) is 35.3 Å². The van der Waals surface area contributed by atoms with Gasteiger partial charge in [0.15, 0.2) is 5.82 Å². The third-order valence-corrected chi connectivity index (χ3v) is 5.37. The van der Waals surface area contributed by atoms with Crippen LogP contribution in [0.15, 0.2) is 53.7 Å². The van der Waals surface area contributed by atoms with Crippen LogP contribution in [0, 0.1) is 17.5 Å². The molecule has 4 rings (SSSR count). The second-order valence-corrected chi connectivity index (χ2v) is 7.92. The van der Waals surface area contributed by atoms with E-state index in [-0.39, 0.29) is 42.0 Å². The van der Waals surface area contributed by atoms with Crippen LogP contribution in [0.4, 0.5) is 19.0 Å². The number of halogens is 3. The lowest BCUT2D eigenvalue weighted by Crippen LogP contribution is -2.28. The zero-order chi connectivity index (χ0) is 24.4. The number of benzene rings is 1. The fourth-order valence-corrected chi connectivity index (χ4v) is 3.72. The van der Waals surface area contributed by atoms with Crippen molar-refractivity contribution in [3.8, 4) is 5.69 Å². The molecule has 0 bridgehead atoms. The molecule has 0 radical (unpaired) electrons. The normalized spacial score (nSPS) is 13.2. The van der Waals surface area contributed by atoms with Gasteiger partial charge in [0.05, 0.1) is 54.3 Å². The van der Waals surface area contributed by atoms with Crippen molar-refractivity contribution in [1.29, 1.82) is 0 Å². The van der Waals surface area contributed by atoms with E-state index in [2.05, 4.69) is 15.4 Å². The molecule has 11 heteroatoms. The number of hydrogen-bond donors (Lipinski definition) is 3. The van der Waals surface area contributed by atoms with E-state index in [1.807, 2.05) is 0 Å². The molecule has 3 N–H and O–H groups in total. The summed E-state index contributed by atoms with van der Waals surface area (Å²) in [6, 6.07) is 5.82. The maximum absolute atomic E-state index is 14.6. The number of fused-ring (bicyclic) bond motifs is 1. The Hall–Kier alpha value is -3.70. The number of aromatic nitrogens is 4. The van der Waals surface area contributed by atoms with Gasteiger partial charge in [0.25, 0.3) is 5.56 Å². The molecular formula is C23H22F3N5O3. The Morgan fingerprint density at radius 3 is 2.53 bits per heavy atom. The van der Waals surface area contributed by atoms with Crippen molar-refractivity contribution in [2.45, 2.75) is 32.0 Å². The molecule has 8 nitrogen and oxygen atoms in total. The van der Waals surface area contributed by atoms with Crippen LogP contribution in [0.5, 0.6) is 0 Å². The second kappa shape index (κ2) is 9.65. The van der Waals surface area contributed by atoms with Gasteiger partial charge in [0.1, 0.15) is 17.5 Å². The maximum Gasteiger partial charge on any atom is 0.266 e. The van der Waals surface area contributed by atoms with Crippen molar-refractivity contribution in [2.75, 3.05) is 11.9 Å². The van der Waals surface area contributed by atoms with Crippen molar-refractivity contribution in [2.24, 2.45) is 0 Å². The summed E-state index contributed by atoms with van der Waals surface area (Å²) in [5.74, 6) is -2.02. The summed E-state index contributed by atoms with van der Waals surface area (Å²) in [6.07, 6.45) is 3.09. The molecule has 0 spiro atoms. The number of pyridine rings is 2. The van der Waals surface area contributed by atoms with Gasteiger partial charge < -0.3 is 15.5 Å². The first-order valence-corrected chi connectivity index (χ1v) is 10.5. The van der Waals surface area contributed by atoms with Gasteiger partial charge in [-0.3, -0.25) is 14.0 Å². The minimum atomic E-state index is -0.760. The lowest BCUT2D eigenvalue weighted by molar-refractivity contribution is 0.159. The summed E-state index contributed by atoms with van der Waals surface area (Å²) in [7, 11) is 0. The van der Waals surface area contributed by atoms with Crippen molar-refractivity contribution < 1.29 is 23.4 Å². The molecule has 34 heavy (non-hydrogen) atoms. The number of aliphatic hydroxyl groups is 2. The Balaban J connectivity index is 1.70. The fraction of sp³-hybridized carbons (Fsp3) is 0.261. The van der Waals surface area contributed by atoms with Crippen LogP contribution in [-0.2, 0) is 6.54 Å². The quantitative estimate of drug-likeness (QED) is 0.363. The summed E-state index contributed by atoms with van der Waals surface area (Å²) in [4.78, 5) is 17.0. The minimum absolute atomic E-state index is 0.0916. The molecule has 1 aromatic carbocycles. The summed E-state index contributed by atoms with van der Waals surface area (Å²) in [5, 5.41) is 26.2. The van der Waals surface area contributed by atoms with Crippen LogP contribution >= 0.6 is 0 Å². The van der Waals surface area contributed by atoms with Crippen LogP contribution in [0.25, 0.3) is 16.6 Å². The molecule has 3 heterocycles. The predicted molar refractivity (Wildman–Crippen MR) is 119 cm³/mol. The second-order valence-electron chi connectivity index (χ2n) is 7.92. The number of nitrogens with zero attached hydrogens (tertiary/aromatic N) is 4. The van der Waals surface area contributed by atoms with Crippen LogP contribution < -0.4 is 10.9 Å². The predicted octanol–water partition coefficient (Wildman–Crippen LogP) is 2.59. The number of nitrogens with one attached hydrogen (secondary N) is 1. The van der Waals surface area contributed by atoms with Crippen LogP contribution in [0.1, 0.15) is 18.9 Å². The molecule has 0 unspecified atom stereocenters. The lowest BCUT2D eigenvalue weighted by Gasteiger charge is -2.19. The Labute approximate surface area is 191 Å². The molecular weight excluding hydrogens is 451 g/mol. The van der Waals surface area contributed by atoms with E-state index in [4.69, 9.17) is 0 Å². The topological polar surface area (TPSA) is 105 Å². The smallest absolute Gasteiger partial charge is 0.266 e. The SMILES string of the molecule is C[C@@H](O)C[C@@H](CO)Nc1cc(-n2ccc3c(cnn3Cc3c(F)cccc3F)c2=O)c(F)cn1. The standard InChI is InChI=1S/C23H22F3N5O3/c1-13(33)7-14(12-32)29-22-8-21(19(26)10-27-22)30-6-5-20-15(23(30)34)9-28-31(20)11-16-17(24)3-2-4-18(16)25/h2-6,8-10,13-14,32-33H,7,11-12H2,1H3,(H,27,29)/t13-,14+/m1/s1. The largest absolute Gasteiger partial charge is 0.394 e. The first-order chi connectivity index (χ1) is 16.3. The molecule has 0 fully saturated rings. The highest BCUT2D eigenvalue weighted by Crippen LogP contribution is 2.20. The number of aliphatic hydroxyl groups excluding tert-OH is 2. The first kappa shape index (κ1) is 23.5. The monoisotopic (exact) mass is 473 g/mol. The number of rotatable bonds is 8. The van der Waals surface area contributed by atoms with Crippen LogP contribution in [0.3, 0.4) is 0 Å². The van der Waals surface area contributed by atoms with Gasteiger partial charge in [0, 0.05) is 17.8 Å². The van der Waals surface area contributed by atoms with Crippen molar-refractivity contribution in [3.63, 3.8) is 0 Å². The summed E-state index contributed by atoms with van der Waals surface area (Å²) < 4.78 is 45.1. The van der Waals surface area contributed by atoms with Crippen molar-refractivity contribution >= 4 is 16.7 Å². The molecule has 2 atom stereocenters. The summed E-state index contributed by atoms with van der Waals surface area (Å²) in [5.41, 5.74) is -0.542. The highest BCUT2D eigenvalue weighted by molar-refractivity contribution is 5.78. The maximum atomic E-state index is 14.6. The summed E-state index contributed by atoms with van der Waals surface area (Å²) in [6.45, 7) is 1.06. The van der Waals surface area contributed by atoms with Gasteiger partial charge in [0.2, 0.25) is 0 Å². The number of anilines is 1. The average Bonchev–Trinajstić information content (AvgIpc) is 3.21.